The summed E-state index contributed by atoms with van der Waals surface area (Å²) in [6, 6.07) is 5.66. The van der Waals surface area contributed by atoms with Crippen LogP contribution in [0.4, 0.5) is 0 Å². The SMILES string of the molecule is CC[C@H](C)[C@@H]([C@@H](CC(=O)N1CCC[C@H]1[C@H](OC)[C@@H](C)C(=O)N[C@H](C)[C@@H](O)c1ccccc1)OC)N(C)C(=O)[C@@H](NC(=O)[C@H](N)CO)C(C)C. The van der Waals surface area contributed by atoms with E-state index in [2.05, 4.69) is 10.6 Å². The quantitative estimate of drug-likeness (QED) is 0.144. The summed E-state index contributed by atoms with van der Waals surface area (Å²) in [5.41, 5.74) is 6.40. The summed E-state index contributed by atoms with van der Waals surface area (Å²) in [6.07, 6.45) is -0.0584. The van der Waals surface area contributed by atoms with Crippen LogP contribution in [0, 0.1) is 17.8 Å². The average molecular weight is 692 g/mol. The zero-order valence-electron chi connectivity index (χ0n) is 30.8. The number of hydrogen-bond acceptors (Lipinski definition) is 9. The Bertz CT molecular complexity index is 1200. The monoisotopic (exact) mass is 691 g/mol. The Hall–Kier alpha value is -3.10. The predicted octanol–water partition coefficient (Wildman–Crippen LogP) is 1.61. The molecule has 278 valence electrons. The van der Waals surface area contributed by atoms with Crippen molar-refractivity contribution in [2.75, 3.05) is 34.4 Å². The number of rotatable bonds is 19. The van der Waals surface area contributed by atoms with Gasteiger partial charge >= 0.3 is 0 Å². The number of benzene rings is 1. The number of carbonyl (C=O) groups is 4. The number of hydrogen-bond donors (Lipinski definition) is 5. The maximum atomic E-state index is 14.0. The van der Waals surface area contributed by atoms with Gasteiger partial charge in [-0.2, -0.15) is 0 Å². The summed E-state index contributed by atoms with van der Waals surface area (Å²) in [6.45, 7) is 11.1. The number of nitrogens with two attached hydrogens (primary N) is 1. The molecule has 0 saturated carbocycles. The molecule has 4 amide bonds. The molecule has 49 heavy (non-hydrogen) atoms. The van der Waals surface area contributed by atoms with Crippen molar-refractivity contribution in [1.82, 2.24) is 20.4 Å². The van der Waals surface area contributed by atoms with Crippen molar-refractivity contribution in [3.8, 4) is 0 Å². The minimum absolute atomic E-state index is 0.00890. The van der Waals surface area contributed by atoms with Crippen LogP contribution in [-0.2, 0) is 28.7 Å². The molecule has 6 N–H and O–H groups in total. The van der Waals surface area contributed by atoms with Gasteiger partial charge in [0.25, 0.3) is 0 Å². The van der Waals surface area contributed by atoms with Gasteiger partial charge in [-0.25, -0.2) is 0 Å². The number of carbonyl (C=O) groups excluding carboxylic acids is 4. The van der Waals surface area contributed by atoms with Gasteiger partial charge in [-0.05, 0) is 37.2 Å². The Balaban J connectivity index is 2.23. The predicted molar refractivity (Wildman–Crippen MR) is 187 cm³/mol. The number of nitrogens with zero attached hydrogens (tertiary/aromatic N) is 2. The van der Waals surface area contributed by atoms with Crippen LogP contribution in [0.5, 0.6) is 0 Å². The highest BCUT2D eigenvalue weighted by molar-refractivity contribution is 5.90. The first kappa shape index (κ1) is 42.1. The molecule has 1 aliphatic heterocycles. The van der Waals surface area contributed by atoms with Gasteiger partial charge in [0.05, 0.1) is 55.4 Å². The highest BCUT2D eigenvalue weighted by Gasteiger charge is 2.43. The Kier molecular flexibility index (Phi) is 17.1. The van der Waals surface area contributed by atoms with Crippen LogP contribution in [0.2, 0.25) is 0 Å². The first-order chi connectivity index (χ1) is 23.1. The van der Waals surface area contributed by atoms with Crippen molar-refractivity contribution in [2.24, 2.45) is 23.5 Å². The van der Waals surface area contributed by atoms with Gasteiger partial charge in [-0.15, -0.1) is 0 Å². The van der Waals surface area contributed by atoms with E-state index in [0.717, 1.165) is 6.42 Å². The lowest BCUT2D eigenvalue weighted by atomic mass is 9.89. The third-order valence-electron chi connectivity index (χ3n) is 10.0. The molecule has 0 aromatic heterocycles. The number of ether oxygens (including phenoxy) is 2. The fourth-order valence-electron chi connectivity index (χ4n) is 6.76. The number of methoxy groups -OCH3 is 2. The van der Waals surface area contributed by atoms with Crippen LogP contribution in [-0.4, -0.2) is 120 Å². The first-order valence-electron chi connectivity index (χ1n) is 17.5. The number of aliphatic hydroxyl groups is 2. The molecule has 10 atom stereocenters. The zero-order valence-corrected chi connectivity index (χ0v) is 30.8. The van der Waals surface area contributed by atoms with E-state index in [-0.39, 0.29) is 42.0 Å². The Labute approximate surface area is 292 Å². The molecule has 0 bridgehead atoms. The van der Waals surface area contributed by atoms with Crippen molar-refractivity contribution < 1.29 is 38.9 Å². The molecule has 13 heteroatoms. The molecular formula is C36H61N5O8. The fourth-order valence-corrected chi connectivity index (χ4v) is 6.76. The molecule has 1 saturated heterocycles. The molecule has 2 rings (SSSR count). The number of aliphatic hydroxyl groups excluding tert-OH is 2. The molecule has 0 aliphatic carbocycles. The molecule has 1 fully saturated rings. The van der Waals surface area contributed by atoms with Crippen LogP contribution in [0.3, 0.4) is 0 Å². The summed E-state index contributed by atoms with van der Waals surface area (Å²) in [7, 11) is 4.70. The number of amides is 4. The molecule has 1 aromatic carbocycles. The Morgan fingerprint density at radius 3 is 2.18 bits per heavy atom. The lowest BCUT2D eigenvalue weighted by molar-refractivity contribution is -0.147. The van der Waals surface area contributed by atoms with E-state index in [1.165, 1.54) is 14.2 Å². The highest BCUT2D eigenvalue weighted by Crippen LogP contribution is 2.30. The molecule has 1 aliphatic rings. The van der Waals surface area contributed by atoms with E-state index in [1.807, 2.05) is 45.9 Å². The molecule has 1 heterocycles. The third kappa shape index (κ3) is 10.9. The molecule has 0 spiro atoms. The van der Waals surface area contributed by atoms with Gasteiger partial charge in [-0.3, -0.25) is 19.2 Å². The van der Waals surface area contributed by atoms with Crippen LogP contribution in [0.15, 0.2) is 30.3 Å². The average Bonchev–Trinajstić information content (AvgIpc) is 3.58. The van der Waals surface area contributed by atoms with Gasteiger partial charge in [-0.1, -0.05) is 71.4 Å². The van der Waals surface area contributed by atoms with Crippen molar-refractivity contribution in [2.45, 2.75) is 116 Å². The highest BCUT2D eigenvalue weighted by atomic mass is 16.5. The van der Waals surface area contributed by atoms with Crippen LogP contribution < -0.4 is 16.4 Å². The second kappa shape index (κ2) is 19.9. The van der Waals surface area contributed by atoms with Gasteiger partial charge in [0.2, 0.25) is 23.6 Å². The molecular weight excluding hydrogens is 630 g/mol. The summed E-state index contributed by atoms with van der Waals surface area (Å²) in [4.78, 5) is 57.1. The first-order valence-corrected chi connectivity index (χ1v) is 17.5. The number of nitrogens with one attached hydrogen (secondary N) is 2. The lowest BCUT2D eigenvalue weighted by Gasteiger charge is -2.41. The van der Waals surface area contributed by atoms with Gasteiger partial charge in [0.15, 0.2) is 0 Å². The lowest BCUT2D eigenvalue weighted by Crippen LogP contribution is -2.59. The van der Waals surface area contributed by atoms with E-state index in [0.29, 0.717) is 24.9 Å². The fraction of sp³-hybridized carbons (Fsp3) is 0.722. The van der Waals surface area contributed by atoms with Crippen LogP contribution >= 0.6 is 0 Å². The molecule has 1 aromatic rings. The zero-order chi connectivity index (χ0) is 37.0. The van der Waals surface area contributed by atoms with Gasteiger partial charge in [0, 0.05) is 27.8 Å². The second-order valence-electron chi connectivity index (χ2n) is 13.8. The molecule has 0 unspecified atom stereocenters. The summed E-state index contributed by atoms with van der Waals surface area (Å²) < 4.78 is 11.8. The second-order valence-corrected chi connectivity index (χ2v) is 13.8. The molecule has 0 radical (unpaired) electrons. The minimum Gasteiger partial charge on any atom is -0.394 e. The largest absolute Gasteiger partial charge is 0.394 e. The Morgan fingerprint density at radius 1 is 1.02 bits per heavy atom. The van der Waals surface area contributed by atoms with E-state index >= 15 is 0 Å². The normalized spacial score (nSPS) is 20.3. The van der Waals surface area contributed by atoms with E-state index < -0.39 is 60.9 Å². The van der Waals surface area contributed by atoms with E-state index in [4.69, 9.17) is 15.2 Å². The molecule has 13 nitrogen and oxygen atoms in total. The van der Waals surface area contributed by atoms with Crippen molar-refractivity contribution in [1.29, 1.82) is 0 Å². The number of likely N-dealkylation sites (N-methyl/N-ethyl adjacent to an activating group) is 1. The van der Waals surface area contributed by atoms with E-state index in [1.54, 1.807) is 42.8 Å². The van der Waals surface area contributed by atoms with Gasteiger partial charge < -0.3 is 45.9 Å². The van der Waals surface area contributed by atoms with Gasteiger partial charge in [0.1, 0.15) is 12.1 Å². The maximum Gasteiger partial charge on any atom is 0.245 e. The Morgan fingerprint density at radius 2 is 1.65 bits per heavy atom. The third-order valence-corrected chi connectivity index (χ3v) is 10.0. The van der Waals surface area contributed by atoms with E-state index in [9.17, 15) is 29.4 Å². The summed E-state index contributed by atoms with van der Waals surface area (Å²) >= 11 is 0. The topological polar surface area (TPSA) is 184 Å². The van der Waals surface area contributed by atoms with Crippen molar-refractivity contribution in [3.05, 3.63) is 35.9 Å². The number of likely N-dealkylation sites (tertiary alicyclic amines) is 1. The van der Waals surface area contributed by atoms with Crippen molar-refractivity contribution >= 4 is 23.6 Å². The smallest absolute Gasteiger partial charge is 0.245 e. The van der Waals surface area contributed by atoms with Crippen molar-refractivity contribution in [3.63, 3.8) is 0 Å². The summed E-state index contributed by atoms with van der Waals surface area (Å²) in [5, 5.41) is 25.7. The standard InChI is InChI=1S/C36H61N5O8/c1-10-22(4)31(40(7)36(47)30(21(2)3)39-35(46)26(37)20-42)28(48-8)19-29(43)41-18-14-17-27(41)33(49-9)23(5)34(45)38-24(6)32(44)25-15-12-11-13-16-25/h11-13,15-16,21-24,26-28,30-33,42,44H,10,14,17-20,37H2,1-9H3,(H,38,45)(H,39,46)/t22-,23+,24+,26+,27-,28+,30-,31-,32+,33+/m0/s1. The maximum absolute atomic E-state index is 14.0. The van der Waals surface area contributed by atoms with Crippen LogP contribution in [0.1, 0.15) is 78.9 Å². The summed E-state index contributed by atoms with van der Waals surface area (Å²) in [5.74, 6) is -2.39. The van der Waals surface area contributed by atoms with Crippen LogP contribution in [0.25, 0.3) is 0 Å². The minimum atomic E-state index is -1.16.